The van der Waals surface area contributed by atoms with Crippen LogP contribution in [0.3, 0.4) is 0 Å². The van der Waals surface area contributed by atoms with Crippen LogP contribution in [0.2, 0.25) is 0 Å². The molecule has 2 rings (SSSR count). The van der Waals surface area contributed by atoms with E-state index in [4.69, 9.17) is 9.47 Å². The van der Waals surface area contributed by atoms with Gasteiger partial charge in [0.05, 0.1) is 7.11 Å². The molecular weight excluding hydrogens is 288 g/mol. The Morgan fingerprint density at radius 2 is 1.65 bits per heavy atom. The Balaban J connectivity index is 2.03. The van der Waals surface area contributed by atoms with E-state index in [-0.39, 0.29) is 5.75 Å². The summed E-state index contributed by atoms with van der Waals surface area (Å²) in [5.41, 5.74) is 3.18. The minimum Gasteiger partial charge on any atom is -0.508 e. The van der Waals surface area contributed by atoms with Crippen molar-refractivity contribution >= 4 is 12.2 Å². The molecule has 0 fully saturated rings. The number of hydrogen-bond acceptors (Lipinski definition) is 3. The van der Waals surface area contributed by atoms with Gasteiger partial charge in [0.15, 0.2) is 0 Å². The third-order valence-corrected chi connectivity index (χ3v) is 3.24. The first-order chi connectivity index (χ1) is 11.1. The zero-order valence-electron chi connectivity index (χ0n) is 13.7. The molecular formula is C20H22O3. The molecule has 23 heavy (non-hydrogen) atoms. The van der Waals surface area contributed by atoms with E-state index in [1.165, 1.54) is 5.57 Å². The fraction of sp³-hybridized carbons (Fsp3) is 0.200. The maximum atomic E-state index is 9.64. The molecule has 0 aliphatic heterocycles. The van der Waals surface area contributed by atoms with Gasteiger partial charge in [-0.05, 0) is 55.3 Å². The quantitative estimate of drug-likeness (QED) is 0.608. The first kappa shape index (κ1) is 16.7. The fourth-order valence-corrected chi connectivity index (χ4v) is 1.99. The number of aromatic hydroxyl groups is 1. The second-order valence-electron chi connectivity index (χ2n) is 5.46. The van der Waals surface area contributed by atoms with E-state index in [2.05, 4.69) is 0 Å². The highest BCUT2D eigenvalue weighted by molar-refractivity contribution is 5.71. The van der Waals surface area contributed by atoms with Crippen molar-refractivity contribution in [2.24, 2.45) is 0 Å². The maximum Gasteiger partial charge on any atom is 0.123 e. The van der Waals surface area contributed by atoms with Gasteiger partial charge in [-0.25, -0.2) is 0 Å². The van der Waals surface area contributed by atoms with Crippen LogP contribution in [-0.2, 0) is 0 Å². The number of hydrogen-bond donors (Lipinski definition) is 1. The Bertz CT molecular complexity index is 693. The molecule has 0 spiro atoms. The summed E-state index contributed by atoms with van der Waals surface area (Å²) in [6, 6.07) is 13.0. The second kappa shape index (κ2) is 8.08. The van der Waals surface area contributed by atoms with Crippen molar-refractivity contribution in [3.05, 3.63) is 65.2 Å². The first-order valence-corrected chi connectivity index (χ1v) is 7.49. The molecule has 0 unspecified atom stereocenters. The van der Waals surface area contributed by atoms with E-state index in [9.17, 15) is 5.11 Å². The van der Waals surface area contributed by atoms with Gasteiger partial charge in [-0.1, -0.05) is 29.9 Å². The molecule has 0 aliphatic carbocycles. The van der Waals surface area contributed by atoms with Gasteiger partial charge < -0.3 is 14.6 Å². The molecule has 0 aliphatic rings. The molecule has 0 heterocycles. The van der Waals surface area contributed by atoms with E-state index in [0.717, 1.165) is 16.9 Å². The largest absolute Gasteiger partial charge is 0.508 e. The van der Waals surface area contributed by atoms with Crippen LogP contribution in [-0.4, -0.2) is 18.8 Å². The number of allylic oxidation sites excluding steroid dienone is 1. The molecule has 0 saturated carbocycles. The predicted octanol–water partition coefficient (Wildman–Crippen LogP) is 4.92. The highest BCUT2D eigenvalue weighted by Gasteiger charge is 1.98. The first-order valence-electron chi connectivity index (χ1n) is 7.49. The lowest BCUT2D eigenvalue weighted by Gasteiger charge is -2.04. The lowest BCUT2D eigenvalue weighted by atomic mass is 10.1. The van der Waals surface area contributed by atoms with Crippen molar-refractivity contribution in [2.45, 2.75) is 13.8 Å². The average Bonchev–Trinajstić information content (AvgIpc) is 2.53. The number of methoxy groups -OCH3 is 1. The zero-order valence-corrected chi connectivity index (χ0v) is 13.7. The van der Waals surface area contributed by atoms with Gasteiger partial charge in [0.2, 0.25) is 0 Å². The maximum absolute atomic E-state index is 9.64. The molecule has 120 valence electrons. The molecule has 0 amide bonds. The van der Waals surface area contributed by atoms with Crippen LogP contribution in [0.1, 0.15) is 25.0 Å². The molecule has 0 radical (unpaired) electrons. The predicted molar refractivity (Wildman–Crippen MR) is 95.0 cm³/mol. The normalized spacial score (nSPS) is 10.6. The fourth-order valence-electron chi connectivity index (χ4n) is 1.99. The standard InChI is InChI=1S/C20H22O3/c1-15(2)10-11-23-19-8-6-16(7-9-19)4-5-17-12-18(21)14-20(13-17)22-3/h4-10,12-14,21H,11H2,1-3H3. The second-order valence-corrected chi connectivity index (χ2v) is 5.46. The molecule has 0 atom stereocenters. The number of rotatable bonds is 6. The van der Waals surface area contributed by atoms with Gasteiger partial charge in [0.1, 0.15) is 23.9 Å². The van der Waals surface area contributed by atoms with E-state index < -0.39 is 0 Å². The lowest BCUT2D eigenvalue weighted by Crippen LogP contribution is -1.93. The van der Waals surface area contributed by atoms with Crippen LogP contribution in [0.5, 0.6) is 17.2 Å². The third kappa shape index (κ3) is 5.55. The minimum absolute atomic E-state index is 0.187. The van der Waals surface area contributed by atoms with Crippen LogP contribution < -0.4 is 9.47 Å². The Labute approximate surface area is 137 Å². The van der Waals surface area contributed by atoms with Crippen LogP contribution in [0, 0.1) is 0 Å². The van der Waals surface area contributed by atoms with Gasteiger partial charge >= 0.3 is 0 Å². The summed E-state index contributed by atoms with van der Waals surface area (Å²) in [6.07, 6.45) is 5.96. The Kier molecular flexibility index (Phi) is 5.87. The van der Waals surface area contributed by atoms with Crippen molar-refractivity contribution in [3.63, 3.8) is 0 Å². The average molecular weight is 310 g/mol. The van der Waals surface area contributed by atoms with Gasteiger partial charge in [-0.2, -0.15) is 0 Å². The number of benzene rings is 2. The van der Waals surface area contributed by atoms with Crippen molar-refractivity contribution < 1.29 is 14.6 Å². The molecule has 2 aromatic carbocycles. The Hall–Kier alpha value is -2.68. The zero-order chi connectivity index (χ0) is 16.7. The Morgan fingerprint density at radius 1 is 0.957 bits per heavy atom. The molecule has 0 bridgehead atoms. The third-order valence-electron chi connectivity index (χ3n) is 3.24. The smallest absolute Gasteiger partial charge is 0.123 e. The van der Waals surface area contributed by atoms with Crippen molar-refractivity contribution in [2.75, 3.05) is 13.7 Å². The van der Waals surface area contributed by atoms with Gasteiger partial charge in [0, 0.05) is 6.07 Å². The van der Waals surface area contributed by atoms with Crippen molar-refractivity contribution in [3.8, 4) is 17.2 Å². The summed E-state index contributed by atoms with van der Waals surface area (Å²) in [4.78, 5) is 0. The van der Waals surface area contributed by atoms with Crippen LogP contribution >= 0.6 is 0 Å². The number of phenols is 1. The van der Waals surface area contributed by atoms with Crippen LogP contribution in [0.4, 0.5) is 0 Å². The van der Waals surface area contributed by atoms with E-state index >= 15 is 0 Å². The molecule has 0 aromatic heterocycles. The summed E-state index contributed by atoms with van der Waals surface area (Å²) in [5, 5.41) is 9.64. The van der Waals surface area contributed by atoms with E-state index in [1.54, 1.807) is 19.2 Å². The lowest BCUT2D eigenvalue weighted by molar-refractivity contribution is 0.362. The molecule has 3 heteroatoms. The summed E-state index contributed by atoms with van der Waals surface area (Å²) in [6.45, 7) is 4.68. The summed E-state index contributed by atoms with van der Waals surface area (Å²) < 4.78 is 10.8. The van der Waals surface area contributed by atoms with Crippen LogP contribution in [0.25, 0.3) is 12.2 Å². The van der Waals surface area contributed by atoms with Gasteiger partial charge in [0.25, 0.3) is 0 Å². The highest BCUT2D eigenvalue weighted by atomic mass is 16.5. The Morgan fingerprint density at radius 3 is 2.30 bits per heavy atom. The monoisotopic (exact) mass is 310 g/mol. The molecule has 1 N–H and O–H groups in total. The highest BCUT2D eigenvalue weighted by Crippen LogP contribution is 2.23. The number of ether oxygens (including phenoxy) is 2. The van der Waals surface area contributed by atoms with Crippen molar-refractivity contribution in [1.29, 1.82) is 0 Å². The molecule has 3 nitrogen and oxygen atoms in total. The topological polar surface area (TPSA) is 38.7 Å². The summed E-state index contributed by atoms with van der Waals surface area (Å²) >= 11 is 0. The van der Waals surface area contributed by atoms with Gasteiger partial charge in [-0.15, -0.1) is 0 Å². The minimum atomic E-state index is 0.187. The summed E-state index contributed by atoms with van der Waals surface area (Å²) in [7, 11) is 1.58. The molecule has 0 saturated heterocycles. The van der Waals surface area contributed by atoms with E-state index in [0.29, 0.717) is 12.4 Å². The van der Waals surface area contributed by atoms with E-state index in [1.807, 2.05) is 62.4 Å². The SMILES string of the molecule is COc1cc(O)cc(C=Cc2ccc(OCC=C(C)C)cc2)c1. The molecule has 2 aromatic rings. The van der Waals surface area contributed by atoms with Crippen molar-refractivity contribution in [1.82, 2.24) is 0 Å². The van der Waals surface area contributed by atoms with Crippen LogP contribution in [0.15, 0.2) is 54.1 Å². The van der Waals surface area contributed by atoms with Gasteiger partial charge in [-0.3, -0.25) is 0 Å². The summed E-state index contributed by atoms with van der Waals surface area (Å²) in [5.74, 6) is 1.67. The number of phenolic OH excluding ortho intramolecular Hbond substituents is 1.